The highest BCUT2D eigenvalue weighted by atomic mass is 32.2. The molecular formula is C23H27NS2. The molecule has 4 rings (SSSR count). The quantitative estimate of drug-likeness (QED) is 0.674. The van der Waals surface area contributed by atoms with Crippen molar-refractivity contribution in [3.63, 3.8) is 0 Å². The molecule has 0 radical (unpaired) electrons. The van der Waals surface area contributed by atoms with Crippen molar-refractivity contribution in [1.29, 1.82) is 0 Å². The molecule has 2 N–H and O–H groups in total. The molecule has 26 heavy (non-hydrogen) atoms. The highest BCUT2D eigenvalue weighted by molar-refractivity contribution is 8.22. The van der Waals surface area contributed by atoms with Gasteiger partial charge in [-0.15, -0.1) is 23.5 Å². The van der Waals surface area contributed by atoms with Gasteiger partial charge in [0.2, 0.25) is 0 Å². The number of thioether (sulfide) groups is 2. The van der Waals surface area contributed by atoms with E-state index in [9.17, 15) is 0 Å². The van der Waals surface area contributed by atoms with Gasteiger partial charge in [-0.3, -0.25) is 0 Å². The molecule has 2 aromatic carbocycles. The molecule has 136 valence electrons. The highest BCUT2D eigenvalue weighted by Gasteiger charge is 2.48. The van der Waals surface area contributed by atoms with Gasteiger partial charge in [0.05, 0.1) is 4.08 Å². The Morgan fingerprint density at radius 3 is 2.46 bits per heavy atom. The second kappa shape index (κ2) is 8.24. The summed E-state index contributed by atoms with van der Waals surface area (Å²) in [5.74, 6) is 2.23. The monoisotopic (exact) mass is 381 g/mol. The molecule has 0 aromatic heterocycles. The average molecular weight is 382 g/mol. The molecule has 1 saturated carbocycles. The summed E-state index contributed by atoms with van der Waals surface area (Å²) in [6, 6.07) is 22.0. The van der Waals surface area contributed by atoms with Crippen LogP contribution in [0.1, 0.15) is 42.7 Å². The van der Waals surface area contributed by atoms with E-state index >= 15 is 0 Å². The zero-order chi connectivity index (χ0) is 17.8. The minimum atomic E-state index is 0.262. The molecule has 1 aliphatic carbocycles. The first-order valence-electron chi connectivity index (χ1n) is 9.68. The van der Waals surface area contributed by atoms with E-state index in [1.165, 1.54) is 41.7 Å². The Morgan fingerprint density at radius 2 is 1.73 bits per heavy atom. The Morgan fingerprint density at radius 1 is 1.00 bits per heavy atom. The molecule has 1 nitrogen and oxygen atoms in total. The third-order valence-corrected chi connectivity index (χ3v) is 9.09. The van der Waals surface area contributed by atoms with Crippen molar-refractivity contribution in [1.82, 2.24) is 0 Å². The molecule has 0 bridgehead atoms. The highest BCUT2D eigenvalue weighted by Crippen LogP contribution is 2.63. The van der Waals surface area contributed by atoms with Gasteiger partial charge in [-0.25, -0.2) is 0 Å². The lowest BCUT2D eigenvalue weighted by atomic mass is 9.75. The maximum atomic E-state index is 5.91. The number of nitrogens with two attached hydrogens (primary N) is 1. The smallest absolute Gasteiger partial charge is 0.0695 e. The lowest BCUT2D eigenvalue weighted by Gasteiger charge is -2.49. The number of benzene rings is 2. The van der Waals surface area contributed by atoms with E-state index in [1.54, 1.807) is 0 Å². The van der Waals surface area contributed by atoms with Gasteiger partial charge in [0.25, 0.3) is 0 Å². The predicted octanol–water partition coefficient (Wildman–Crippen LogP) is 6.14. The van der Waals surface area contributed by atoms with E-state index in [1.807, 2.05) is 0 Å². The van der Waals surface area contributed by atoms with Gasteiger partial charge in [0.1, 0.15) is 0 Å². The van der Waals surface area contributed by atoms with Crippen molar-refractivity contribution in [2.24, 2.45) is 11.7 Å². The van der Waals surface area contributed by atoms with Gasteiger partial charge < -0.3 is 5.73 Å². The van der Waals surface area contributed by atoms with Crippen LogP contribution in [0, 0.1) is 5.92 Å². The molecule has 0 unspecified atom stereocenters. The molecule has 0 spiro atoms. The van der Waals surface area contributed by atoms with Gasteiger partial charge in [-0.05, 0) is 29.9 Å². The number of rotatable bonds is 5. The molecule has 2 aliphatic rings. The van der Waals surface area contributed by atoms with Crippen LogP contribution in [0.5, 0.6) is 0 Å². The fourth-order valence-corrected chi connectivity index (χ4v) is 7.91. The molecule has 1 aliphatic heterocycles. The van der Waals surface area contributed by atoms with Crippen LogP contribution in [0.25, 0.3) is 4.91 Å². The predicted molar refractivity (Wildman–Crippen MR) is 117 cm³/mol. The first-order chi connectivity index (χ1) is 12.8. The van der Waals surface area contributed by atoms with Crippen LogP contribution in [0.3, 0.4) is 0 Å². The molecule has 3 atom stereocenters. The minimum absolute atomic E-state index is 0.262. The topological polar surface area (TPSA) is 26.0 Å². The van der Waals surface area contributed by atoms with Crippen molar-refractivity contribution in [3.8, 4) is 0 Å². The molecule has 2 aromatic rings. The fraction of sp³-hybridized carbons (Fsp3) is 0.391. The van der Waals surface area contributed by atoms with Crippen LogP contribution in [0.4, 0.5) is 0 Å². The van der Waals surface area contributed by atoms with Crippen molar-refractivity contribution >= 4 is 28.4 Å². The van der Waals surface area contributed by atoms with Gasteiger partial charge in [0.15, 0.2) is 0 Å². The lowest BCUT2D eigenvalue weighted by molar-refractivity contribution is 0.320. The SMILES string of the molecule is NCCS[C@@]12CCCC[C@@H]1[C@H](c1ccccc1)C=C(c1ccccc1)S2. The summed E-state index contributed by atoms with van der Waals surface area (Å²) in [5, 5.41) is 0. The van der Waals surface area contributed by atoms with E-state index in [2.05, 4.69) is 90.3 Å². The fourth-order valence-electron chi connectivity index (χ4n) is 4.42. The number of hydrogen-bond acceptors (Lipinski definition) is 3. The lowest BCUT2D eigenvalue weighted by Crippen LogP contribution is -2.40. The van der Waals surface area contributed by atoms with Crippen LogP contribution in [0.15, 0.2) is 66.7 Å². The summed E-state index contributed by atoms with van der Waals surface area (Å²) < 4.78 is 0.262. The Labute approximate surface area is 165 Å². The van der Waals surface area contributed by atoms with Gasteiger partial charge in [-0.2, -0.15) is 0 Å². The third-order valence-electron chi connectivity index (χ3n) is 5.61. The normalized spacial score (nSPS) is 28.3. The Hall–Kier alpha value is -1.16. The zero-order valence-electron chi connectivity index (χ0n) is 15.1. The van der Waals surface area contributed by atoms with Crippen molar-refractivity contribution in [2.75, 3.05) is 12.3 Å². The maximum absolute atomic E-state index is 5.91. The number of hydrogen-bond donors (Lipinski definition) is 1. The van der Waals surface area contributed by atoms with Crippen LogP contribution in [-0.4, -0.2) is 16.4 Å². The standard InChI is InChI=1S/C23H27NS2/c24-15-16-25-23-14-8-7-13-21(23)20(18-9-3-1-4-10-18)17-22(26-23)19-11-5-2-6-12-19/h1-6,9-12,17,20-21H,7-8,13-16,24H2/t20-,21+,23+/m0/s1. The van der Waals surface area contributed by atoms with Crippen molar-refractivity contribution < 1.29 is 0 Å². The van der Waals surface area contributed by atoms with E-state index in [0.29, 0.717) is 11.8 Å². The van der Waals surface area contributed by atoms with Crippen LogP contribution >= 0.6 is 23.5 Å². The Kier molecular flexibility index (Phi) is 5.78. The van der Waals surface area contributed by atoms with E-state index in [0.717, 1.165) is 12.3 Å². The first-order valence-corrected chi connectivity index (χ1v) is 11.5. The molecule has 0 amide bonds. The summed E-state index contributed by atoms with van der Waals surface area (Å²) in [4.78, 5) is 1.45. The molecule has 0 saturated heterocycles. The molecule has 1 heterocycles. The van der Waals surface area contributed by atoms with Crippen LogP contribution in [-0.2, 0) is 0 Å². The summed E-state index contributed by atoms with van der Waals surface area (Å²) in [5.41, 5.74) is 8.73. The van der Waals surface area contributed by atoms with Crippen molar-refractivity contribution in [3.05, 3.63) is 77.9 Å². The van der Waals surface area contributed by atoms with E-state index < -0.39 is 0 Å². The minimum Gasteiger partial charge on any atom is -0.330 e. The average Bonchev–Trinajstić information content (AvgIpc) is 2.72. The van der Waals surface area contributed by atoms with Gasteiger partial charge >= 0.3 is 0 Å². The second-order valence-corrected chi connectivity index (χ2v) is 10.3. The Bertz CT molecular complexity index is 743. The number of allylic oxidation sites excluding steroid dienone is 1. The van der Waals surface area contributed by atoms with Crippen LogP contribution in [0.2, 0.25) is 0 Å². The van der Waals surface area contributed by atoms with E-state index in [4.69, 9.17) is 5.73 Å². The van der Waals surface area contributed by atoms with Crippen molar-refractivity contribution in [2.45, 2.75) is 35.7 Å². The largest absolute Gasteiger partial charge is 0.330 e. The zero-order valence-corrected chi connectivity index (χ0v) is 16.8. The third kappa shape index (κ3) is 3.62. The van der Waals surface area contributed by atoms with Crippen LogP contribution < -0.4 is 5.73 Å². The van der Waals surface area contributed by atoms with Gasteiger partial charge in [-0.1, -0.05) is 79.6 Å². The summed E-state index contributed by atoms with van der Waals surface area (Å²) in [6.07, 6.45) is 7.86. The maximum Gasteiger partial charge on any atom is 0.0695 e. The molecule has 1 fully saturated rings. The molecule has 3 heteroatoms. The summed E-state index contributed by atoms with van der Waals surface area (Å²) in [6.45, 7) is 0.764. The summed E-state index contributed by atoms with van der Waals surface area (Å²) >= 11 is 4.25. The Balaban J connectivity index is 1.79. The van der Waals surface area contributed by atoms with E-state index in [-0.39, 0.29) is 4.08 Å². The summed E-state index contributed by atoms with van der Waals surface area (Å²) in [7, 11) is 0. The second-order valence-electron chi connectivity index (χ2n) is 7.24. The number of fused-ring (bicyclic) bond motifs is 1. The first kappa shape index (κ1) is 18.2. The molecular weight excluding hydrogens is 354 g/mol. The van der Waals surface area contributed by atoms with Gasteiger partial charge in [0, 0.05) is 23.1 Å².